The van der Waals surface area contributed by atoms with Crippen molar-refractivity contribution in [2.75, 3.05) is 5.73 Å². The Balaban J connectivity index is 2.28. The zero-order chi connectivity index (χ0) is 13.8. The van der Waals surface area contributed by atoms with E-state index in [2.05, 4.69) is 34.0 Å². The Morgan fingerprint density at radius 2 is 1.89 bits per heavy atom. The van der Waals surface area contributed by atoms with Crippen molar-refractivity contribution >= 4 is 5.82 Å². The van der Waals surface area contributed by atoms with Gasteiger partial charge in [0.1, 0.15) is 11.6 Å². The van der Waals surface area contributed by atoms with Gasteiger partial charge in [0.2, 0.25) is 0 Å². The molecule has 0 unspecified atom stereocenters. The minimum atomic E-state index is 0.576. The third kappa shape index (κ3) is 3.08. The highest BCUT2D eigenvalue weighted by Crippen LogP contribution is 2.16. The summed E-state index contributed by atoms with van der Waals surface area (Å²) in [7, 11) is 0. The molecule has 19 heavy (non-hydrogen) atoms. The van der Waals surface area contributed by atoms with Crippen molar-refractivity contribution < 1.29 is 0 Å². The molecule has 100 valence electrons. The summed E-state index contributed by atoms with van der Waals surface area (Å²) in [6, 6.07) is 4.17. The van der Waals surface area contributed by atoms with Crippen molar-refractivity contribution in [1.82, 2.24) is 15.0 Å². The highest BCUT2D eigenvalue weighted by atomic mass is 15.0. The first-order valence-corrected chi connectivity index (χ1v) is 6.69. The number of aryl methyl sites for hydroxylation is 2. The fraction of sp³-hybridized carbons (Fsp3) is 0.400. The molecule has 2 heterocycles. The van der Waals surface area contributed by atoms with Gasteiger partial charge in [-0.1, -0.05) is 19.9 Å². The van der Waals surface area contributed by atoms with Crippen LogP contribution < -0.4 is 5.73 Å². The molecule has 0 aliphatic rings. The summed E-state index contributed by atoms with van der Waals surface area (Å²) in [5.41, 5.74) is 10.1. The summed E-state index contributed by atoms with van der Waals surface area (Å²) < 4.78 is 0. The number of nitrogen functional groups attached to an aromatic ring is 1. The molecule has 0 amide bonds. The second kappa shape index (κ2) is 5.78. The topological polar surface area (TPSA) is 64.7 Å². The Morgan fingerprint density at radius 1 is 1.11 bits per heavy atom. The Kier molecular flexibility index (Phi) is 4.10. The van der Waals surface area contributed by atoms with Crippen molar-refractivity contribution in [1.29, 1.82) is 0 Å². The molecule has 2 N–H and O–H groups in total. The average Bonchev–Trinajstić information content (AvgIpc) is 2.44. The molecular formula is C15H20N4. The molecule has 0 aromatic carbocycles. The second-order valence-corrected chi connectivity index (χ2v) is 4.64. The van der Waals surface area contributed by atoms with Crippen molar-refractivity contribution in [2.24, 2.45) is 0 Å². The lowest BCUT2D eigenvalue weighted by Crippen LogP contribution is -2.08. The van der Waals surface area contributed by atoms with Gasteiger partial charge in [-0.15, -0.1) is 0 Å². The number of rotatable bonds is 4. The Labute approximate surface area is 114 Å². The van der Waals surface area contributed by atoms with Crippen LogP contribution >= 0.6 is 0 Å². The minimum absolute atomic E-state index is 0.576. The van der Waals surface area contributed by atoms with Crippen molar-refractivity contribution in [3.63, 3.8) is 0 Å². The quantitative estimate of drug-likeness (QED) is 0.912. The first-order valence-electron chi connectivity index (χ1n) is 6.69. The van der Waals surface area contributed by atoms with Gasteiger partial charge in [0.05, 0.1) is 5.69 Å². The summed E-state index contributed by atoms with van der Waals surface area (Å²) in [6.45, 7) is 6.12. The van der Waals surface area contributed by atoms with Gasteiger partial charge in [-0.05, 0) is 25.0 Å². The summed E-state index contributed by atoms with van der Waals surface area (Å²) in [6.07, 6.45) is 4.43. The average molecular weight is 256 g/mol. The number of nitrogens with zero attached hydrogens (tertiary/aromatic N) is 3. The Morgan fingerprint density at radius 3 is 2.47 bits per heavy atom. The highest BCUT2D eigenvalue weighted by molar-refractivity contribution is 5.42. The van der Waals surface area contributed by atoms with Gasteiger partial charge in [0, 0.05) is 30.3 Å². The summed E-state index contributed by atoms with van der Waals surface area (Å²) in [5, 5.41) is 0. The first-order chi connectivity index (χ1) is 9.13. The molecule has 0 aliphatic carbocycles. The highest BCUT2D eigenvalue weighted by Gasteiger charge is 2.09. The van der Waals surface area contributed by atoms with Crippen LogP contribution in [0.3, 0.4) is 0 Å². The number of nitrogens with two attached hydrogens (primary N) is 1. The SMILES string of the molecule is CCc1ccc(Cc2nc(CC)nc(N)c2C)nc1. The van der Waals surface area contributed by atoms with E-state index in [4.69, 9.17) is 5.73 Å². The predicted octanol–water partition coefficient (Wildman–Crippen LogP) is 2.48. The third-order valence-corrected chi connectivity index (χ3v) is 3.29. The molecule has 0 fully saturated rings. The van der Waals surface area contributed by atoms with Crippen molar-refractivity contribution in [2.45, 2.75) is 40.0 Å². The zero-order valence-corrected chi connectivity index (χ0v) is 11.8. The predicted molar refractivity (Wildman–Crippen MR) is 77.0 cm³/mol. The number of anilines is 1. The molecule has 2 aromatic heterocycles. The monoisotopic (exact) mass is 256 g/mol. The molecule has 4 heteroatoms. The van der Waals surface area contributed by atoms with Crippen LogP contribution in [0.1, 0.15) is 42.2 Å². The van der Waals surface area contributed by atoms with E-state index in [-0.39, 0.29) is 0 Å². The van der Waals surface area contributed by atoms with Gasteiger partial charge >= 0.3 is 0 Å². The number of hydrogen-bond acceptors (Lipinski definition) is 4. The smallest absolute Gasteiger partial charge is 0.130 e. The fourth-order valence-electron chi connectivity index (χ4n) is 1.91. The number of hydrogen-bond donors (Lipinski definition) is 1. The van der Waals surface area contributed by atoms with Crippen LogP contribution in [0.15, 0.2) is 18.3 Å². The van der Waals surface area contributed by atoms with Crippen LogP contribution in [0.2, 0.25) is 0 Å². The van der Waals surface area contributed by atoms with Gasteiger partial charge in [-0.3, -0.25) is 4.98 Å². The van der Waals surface area contributed by atoms with Gasteiger partial charge in [0.25, 0.3) is 0 Å². The second-order valence-electron chi connectivity index (χ2n) is 4.64. The van der Waals surface area contributed by atoms with Crippen LogP contribution in [0, 0.1) is 6.92 Å². The van der Waals surface area contributed by atoms with E-state index in [1.54, 1.807) is 0 Å². The molecule has 0 atom stereocenters. The Bertz CT molecular complexity index is 561. The molecule has 0 saturated heterocycles. The van der Waals surface area contributed by atoms with Gasteiger partial charge in [-0.25, -0.2) is 9.97 Å². The van der Waals surface area contributed by atoms with Crippen LogP contribution in [-0.2, 0) is 19.3 Å². The first kappa shape index (κ1) is 13.5. The third-order valence-electron chi connectivity index (χ3n) is 3.29. The summed E-state index contributed by atoms with van der Waals surface area (Å²) >= 11 is 0. The molecule has 0 saturated carbocycles. The molecule has 4 nitrogen and oxygen atoms in total. The van der Waals surface area contributed by atoms with E-state index in [1.165, 1.54) is 5.56 Å². The maximum Gasteiger partial charge on any atom is 0.130 e. The van der Waals surface area contributed by atoms with Gasteiger partial charge in [-0.2, -0.15) is 0 Å². The van der Waals surface area contributed by atoms with Crippen molar-refractivity contribution in [3.8, 4) is 0 Å². The minimum Gasteiger partial charge on any atom is -0.383 e. The lowest BCUT2D eigenvalue weighted by Gasteiger charge is -2.09. The zero-order valence-electron chi connectivity index (χ0n) is 11.8. The largest absolute Gasteiger partial charge is 0.383 e. The van der Waals surface area contributed by atoms with Crippen LogP contribution in [0.25, 0.3) is 0 Å². The maximum absolute atomic E-state index is 5.92. The molecule has 0 bridgehead atoms. The Hall–Kier alpha value is -1.97. The van der Waals surface area contributed by atoms with E-state index in [0.29, 0.717) is 12.2 Å². The van der Waals surface area contributed by atoms with E-state index in [1.807, 2.05) is 20.0 Å². The fourth-order valence-corrected chi connectivity index (χ4v) is 1.91. The van der Waals surface area contributed by atoms with E-state index < -0.39 is 0 Å². The normalized spacial score (nSPS) is 10.7. The standard InChI is InChI=1S/C15H20N4/c1-4-11-6-7-12(17-9-11)8-13-10(3)15(16)19-14(5-2)18-13/h6-7,9H,4-5,8H2,1-3H3,(H2,16,18,19). The van der Waals surface area contributed by atoms with E-state index >= 15 is 0 Å². The molecule has 2 aromatic rings. The molecule has 0 spiro atoms. The lowest BCUT2D eigenvalue weighted by molar-refractivity contribution is 0.878. The van der Waals surface area contributed by atoms with Gasteiger partial charge < -0.3 is 5.73 Å². The van der Waals surface area contributed by atoms with Crippen LogP contribution in [0.5, 0.6) is 0 Å². The number of pyridine rings is 1. The molecule has 0 aliphatic heterocycles. The number of aromatic nitrogens is 3. The van der Waals surface area contributed by atoms with Crippen LogP contribution in [-0.4, -0.2) is 15.0 Å². The molecule has 0 radical (unpaired) electrons. The summed E-state index contributed by atoms with van der Waals surface area (Å²) in [5.74, 6) is 1.37. The van der Waals surface area contributed by atoms with Crippen LogP contribution in [0.4, 0.5) is 5.82 Å². The van der Waals surface area contributed by atoms with Gasteiger partial charge in [0.15, 0.2) is 0 Å². The maximum atomic E-state index is 5.92. The molecule has 2 rings (SSSR count). The lowest BCUT2D eigenvalue weighted by atomic mass is 10.1. The van der Waals surface area contributed by atoms with Crippen molar-refractivity contribution in [3.05, 3.63) is 46.7 Å². The summed E-state index contributed by atoms with van der Waals surface area (Å²) in [4.78, 5) is 13.3. The van der Waals surface area contributed by atoms with E-state index in [0.717, 1.165) is 35.6 Å². The molecular weight excluding hydrogens is 236 g/mol. The van der Waals surface area contributed by atoms with E-state index in [9.17, 15) is 0 Å².